The molecule has 3 aromatic rings. The first-order valence-electron chi connectivity index (χ1n) is 7.83. The molecule has 132 valence electrons. The van der Waals surface area contributed by atoms with Crippen LogP contribution in [-0.4, -0.2) is 19.9 Å². The molecule has 0 fully saturated rings. The van der Waals surface area contributed by atoms with Crippen molar-refractivity contribution in [2.75, 3.05) is 0 Å². The summed E-state index contributed by atoms with van der Waals surface area (Å²) in [6.45, 7) is 1.97. The molecule has 0 atom stereocenters. The Morgan fingerprint density at radius 2 is 1.88 bits per heavy atom. The molecule has 26 heavy (non-hydrogen) atoms. The summed E-state index contributed by atoms with van der Waals surface area (Å²) in [5, 5.41) is 0. The van der Waals surface area contributed by atoms with Gasteiger partial charge in [0, 0.05) is 36.4 Å². The predicted octanol–water partition coefficient (Wildman–Crippen LogP) is 4.16. The van der Waals surface area contributed by atoms with Gasteiger partial charge in [0.15, 0.2) is 0 Å². The van der Waals surface area contributed by atoms with Crippen LogP contribution in [0.3, 0.4) is 0 Å². The molecular formula is C19H16F2N4O. The van der Waals surface area contributed by atoms with Crippen LogP contribution < -0.4 is 4.74 Å². The fourth-order valence-electron chi connectivity index (χ4n) is 2.32. The van der Waals surface area contributed by atoms with Gasteiger partial charge in [-0.1, -0.05) is 6.07 Å². The van der Waals surface area contributed by atoms with Crippen molar-refractivity contribution in [3.8, 4) is 16.9 Å². The van der Waals surface area contributed by atoms with E-state index in [1.807, 2.05) is 6.92 Å². The molecule has 3 rings (SSSR count). The Balaban J connectivity index is 1.83. The second-order valence-electron chi connectivity index (χ2n) is 5.50. The van der Waals surface area contributed by atoms with E-state index >= 15 is 0 Å². The molecule has 0 aliphatic rings. The fraction of sp³-hybridized carbons (Fsp3) is 0.105. The van der Waals surface area contributed by atoms with Crippen LogP contribution >= 0.6 is 0 Å². The smallest absolute Gasteiger partial charge is 0.216 e. The minimum absolute atomic E-state index is 0.151. The van der Waals surface area contributed by atoms with Gasteiger partial charge in [0.2, 0.25) is 5.95 Å². The third-order valence-electron chi connectivity index (χ3n) is 3.57. The summed E-state index contributed by atoms with van der Waals surface area (Å²) >= 11 is 0. The number of pyridine rings is 1. The zero-order valence-electron chi connectivity index (χ0n) is 14.0. The molecule has 0 amide bonds. The molecule has 1 aromatic carbocycles. The van der Waals surface area contributed by atoms with E-state index in [0.29, 0.717) is 11.4 Å². The highest BCUT2D eigenvalue weighted by Crippen LogP contribution is 2.21. The number of nitrogens with zero attached hydrogens (tertiary/aromatic N) is 3. The number of hydrogen-bond donors (Lipinski definition) is 1. The third-order valence-corrected chi connectivity index (χ3v) is 3.57. The minimum atomic E-state index is -0.609. The van der Waals surface area contributed by atoms with Crippen molar-refractivity contribution in [1.29, 1.82) is 0 Å². The molecule has 0 aliphatic heterocycles. The van der Waals surface area contributed by atoms with E-state index in [-0.39, 0.29) is 12.4 Å². The van der Waals surface area contributed by atoms with Crippen molar-refractivity contribution in [3.63, 3.8) is 0 Å². The van der Waals surface area contributed by atoms with Crippen LogP contribution in [0.15, 0.2) is 61.4 Å². The molecule has 0 spiro atoms. The molecule has 2 aromatic heterocycles. The first kappa shape index (κ1) is 17.5. The Bertz CT molecular complexity index is 958. The number of ether oxygens (including phenoxy) is 1. The van der Waals surface area contributed by atoms with Gasteiger partial charge in [0.05, 0.1) is 12.0 Å². The number of aromatic nitrogens is 4. The predicted molar refractivity (Wildman–Crippen MR) is 92.7 cm³/mol. The molecule has 0 aliphatic carbocycles. The highest BCUT2D eigenvalue weighted by Gasteiger charge is 2.03. The molecule has 0 unspecified atom stereocenters. The number of halogens is 2. The quantitative estimate of drug-likeness (QED) is 0.715. The summed E-state index contributed by atoms with van der Waals surface area (Å²) in [5.74, 6) is -0.535. The third kappa shape index (κ3) is 4.60. The van der Waals surface area contributed by atoms with E-state index in [1.165, 1.54) is 30.7 Å². The van der Waals surface area contributed by atoms with Crippen LogP contribution in [-0.2, 0) is 6.61 Å². The second kappa shape index (κ2) is 8.15. The SMILES string of the molecule is Cc1cc(F)ccc1-c1cnc[nH]c(COc2ccnc(F)c2)cnc1. The molecule has 2 heterocycles. The first-order valence-corrected chi connectivity index (χ1v) is 7.83. The fourth-order valence-corrected chi connectivity index (χ4v) is 2.32. The summed E-state index contributed by atoms with van der Waals surface area (Å²) in [5.41, 5.74) is 3.01. The first-order chi connectivity index (χ1) is 12.6. The van der Waals surface area contributed by atoms with Gasteiger partial charge in [-0.15, -0.1) is 0 Å². The molecule has 5 nitrogen and oxygen atoms in total. The topological polar surface area (TPSA) is 63.7 Å². The van der Waals surface area contributed by atoms with Gasteiger partial charge in [-0.2, -0.15) is 4.39 Å². The van der Waals surface area contributed by atoms with Crippen LogP contribution in [0.4, 0.5) is 8.78 Å². The van der Waals surface area contributed by atoms with Crippen LogP contribution in [0, 0.1) is 18.7 Å². The van der Waals surface area contributed by atoms with Crippen LogP contribution in [0.2, 0.25) is 0 Å². The number of aryl methyl sites for hydroxylation is 1. The van der Waals surface area contributed by atoms with Crippen molar-refractivity contribution >= 4 is 0 Å². The average Bonchev–Trinajstić information content (AvgIpc) is 2.72. The van der Waals surface area contributed by atoms with Crippen LogP contribution in [0.1, 0.15) is 11.3 Å². The van der Waals surface area contributed by atoms with Crippen molar-refractivity contribution in [1.82, 2.24) is 19.9 Å². The van der Waals surface area contributed by atoms with Crippen LogP contribution in [0.25, 0.3) is 11.1 Å². The second-order valence-corrected chi connectivity index (χ2v) is 5.50. The molecule has 0 saturated heterocycles. The monoisotopic (exact) mass is 354 g/mol. The number of hydrogen-bond acceptors (Lipinski definition) is 4. The van der Waals surface area contributed by atoms with E-state index in [9.17, 15) is 8.78 Å². The Labute approximate surface area is 149 Å². The number of aromatic amines is 1. The van der Waals surface area contributed by atoms with Gasteiger partial charge in [-0.25, -0.2) is 14.4 Å². The number of nitrogens with one attached hydrogen (secondary N) is 1. The summed E-state index contributed by atoms with van der Waals surface area (Å²) in [7, 11) is 0. The minimum Gasteiger partial charge on any atom is -0.487 e. The van der Waals surface area contributed by atoms with Crippen LogP contribution in [0.5, 0.6) is 5.75 Å². The average molecular weight is 354 g/mol. The van der Waals surface area contributed by atoms with E-state index < -0.39 is 5.95 Å². The number of H-pyrrole nitrogens is 1. The highest BCUT2D eigenvalue weighted by molar-refractivity contribution is 5.65. The zero-order chi connectivity index (χ0) is 18.4. The molecule has 7 heteroatoms. The Kier molecular flexibility index (Phi) is 5.48. The van der Waals surface area contributed by atoms with E-state index in [1.54, 1.807) is 30.7 Å². The Morgan fingerprint density at radius 3 is 2.69 bits per heavy atom. The summed E-state index contributed by atoms with van der Waals surface area (Å²) in [4.78, 5) is 14.9. The Morgan fingerprint density at radius 1 is 1.04 bits per heavy atom. The largest absolute Gasteiger partial charge is 0.487 e. The zero-order valence-corrected chi connectivity index (χ0v) is 14.0. The van der Waals surface area contributed by atoms with Gasteiger partial charge in [0.25, 0.3) is 0 Å². The van der Waals surface area contributed by atoms with E-state index in [2.05, 4.69) is 19.9 Å². The summed E-state index contributed by atoms with van der Waals surface area (Å²) in [6.07, 6.45) is 7.68. The molecule has 1 N–H and O–H groups in total. The summed E-state index contributed by atoms with van der Waals surface area (Å²) in [6, 6.07) is 7.31. The van der Waals surface area contributed by atoms with E-state index in [0.717, 1.165) is 16.7 Å². The van der Waals surface area contributed by atoms with E-state index in [4.69, 9.17) is 4.74 Å². The lowest BCUT2D eigenvalue weighted by Crippen LogP contribution is -1.98. The van der Waals surface area contributed by atoms with Crippen molar-refractivity contribution < 1.29 is 13.5 Å². The summed E-state index contributed by atoms with van der Waals surface area (Å²) < 4.78 is 31.9. The highest BCUT2D eigenvalue weighted by atomic mass is 19.1. The number of benzene rings is 1. The van der Waals surface area contributed by atoms with Crippen molar-refractivity contribution in [2.45, 2.75) is 13.5 Å². The molecular weight excluding hydrogens is 338 g/mol. The van der Waals surface area contributed by atoms with Gasteiger partial charge >= 0.3 is 0 Å². The molecule has 0 bridgehead atoms. The number of rotatable bonds is 4. The maximum absolute atomic E-state index is 13.3. The maximum Gasteiger partial charge on any atom is 0.216 e. The van der Waals surface area contributed by atoms with Gasteiger partial charge < -0.3 is 9.72 Å². The molecule has 0 radical (unpaired) electrons. The van der Waals surface area contributed by atoms with Crippen molar-refractivity contribution in [3.05, 3.63) is 84.5 Å². The lowest BCUT2D eigenvalue weighted by Gasteiger charge is -2.04. The lowest BCUT2D eigenvalue weighted by molar-refractivity contribution is 0.298. The van der Waals surface area contributed by atoms with Crippen molar-refractivity contribution in [2.24, 2.45) is 0 Å². The maximum atomic E-state index is 13.3. The normalized spacial score (nSPS) is 10.3. The van der Waals surface area contributed by atoms with Gasteiger partial charge in [-0.3, -0.25) is 4.98 Å². The Hall–Kier alpha value is -3.35. The lowest BCUT2D eigenvalue weighted by atomic mass is 10.0. The standard InChI is InChI=1S/C19H16F2N4O/c1-13-6-15(20)2-3-18(13)14-8-22-10-16(25-12-23-9-14)11-26-17-4-5-24-19(21)7-17/h2-10,12H,11H2,1H3,(H,23,25). The van der Waals surface area contributed by atoms with Gasteiger partial charge in [0.1, 0.15) is 18.2 Å². The van der Waals surface area contributed by atoms with Gasteiger partial charge in [-0.05, 0) is 36.2 Å². The molecule has 0 saturated carbocycles.